The van der Waals surface area contributed by atoms with Crippen LogP contribution in [-0.4, -0.2) is 41.3 Å². The Kier molecular flexibility index (Phi) is 4.37. The van der Waals surface area contributed by atoms with E-state index in [1.165, 1.54) is 0 Å². The van der Waals surface area contributed by atoms with E-state index in [9.17, 15) is 4.79 Å². The van der Waals surface area contributed by atoms with Crippen LogP contribution in [0, 0.1) is 0 Å². The average Bonchev–Trinajstić information content (AvgIpc) is 3.28. The topological polar surface area (TPSA) is 114 Å². The van der Waals surface area contributed by atoms with Crippen LogP contribution in [0.3, 0.4) is 0 Å². The molecule has 0 aromatic carbocycles. The van der Waals surface area contributed by atoms with E-state index in [4.69, 9.17) is 0 Å². The number of aromatic nitrogens is 7. The molecule has 1 unspecified atom stereocenters. The van der Waals surface area contributed by atoms with Gasteiger partial charge in [-0.2, -0.15) is 10.3 Å². The van der Waals surface area contributed by atoms with Gasteiger partial charge in [0.2, 0.25) is 0 Å². The molecule has 2 N–H and O–H groups in total. The molecule has 0 saturated heterocycles. The molecule has 23 heavy (non-hydrogen) atoms. The number of nitrogens with one attached hydrogen (secondary N) is 2. The van der Waals surface area contributed by atoms with Gasteiger partial charge >= 0.3 is 0 Å². The van der Waals surface area contributed by atoms with Crippen LogP contribution in [0.5, 0.6) is 0 Å². The second-order valence-corrected chi connectivity index (χ2v) is 4.93. The summed E-state index contributed by atoms with van der Waals surface area (Å²) in [4.78, 5) is 16.6. The van der Waals surface area contributed by atoms with E-state index in [-0.39, 0.29) is 11.9 Å². The molecule has 0 aliphatic heterocycles. The lowest BCUT2D eigenvalue weighted by Crippen LogP contribution is -2.30. The van der Waals surface area contributed by atoms with E-state index in [0.29, 0.717) is 17.9 Å². The molecule has 9 nitrogen and oxygen atoms in total. The summed E-state index contributed by atoms with van der Waals surface area (Å²) in [5.74, 6) is 0.172. The number of H-pyrrole nitrogens is 1. The van der Waals surface area contributed by atoms with E-state index < -0.39 is 0 Å². The summed E-state index contributed by atoms with van der Waals surface area (Å²) in [5, 5.41) is 20.9. The van der Waals surface area contributed by atoms with Gasteiger partial charge in [-0.3, -0.25) is 9.78 Å². The third-order valence-corrected chi connectivity index (χ3v) is 3.30. The Morgan fingerprint density at radius 3 is 3.04 bits per heavy atom. The molecular formula is C14H16N8O. The zero-order valence-electron chi connectivity index (χ0n) is 12.5. The van der Waals surface area contributed by atoms with Gasteiger partial charge in [-0.25, -0.2) is 4.68 Å². The number of amides is 1. The lowest BCUT2D eigenvalue weighted by atomic mass is 10.1. The van der Waals surface area contributed by atoms with Crippen LogP contribution < -0.4 is 5.32 Å². The minimum absolute atomic E-state index is 0.290. The summed E-state index contributed by atoms with van der Waals surface area (Å²) in [5.41, 5.74) is 1.07. The number of aromatic amines is 1. The van der Waals surface area contributed by atoms with Gasteiger partial charge in [-0.05, 0) is 24.6 Å². The van der Waals surface area contributed by atoms with Crippen molar-refractivity contribution in [1.82, 2.24) is 40.7 Å². The summed E-state index contributed by atoms with van der Waals surface area (Å²) in [6, 6.07) is 4.98. The molecule has 0 aliphatic carbocycles. The van der Waals surface area contributed by atoms with Crippen LogP contribution in [0.15, 0.2) is 36.8 Å². The highest BCUT2D eigenvalue weighted by Crippen LogP contribution is 2.14. The lowest BCUT2D eigenvalue weighted by molar-refractivity contribution is 0.0927. The lowest BCUT2D eigenvalue weighted by Gasteiger charge is -2.14. The second kappa shape index (κ2) is 6.77. The van der Waals surface area contributed by atoms with Crippen LogP contribution >= 0.6 is 0 Å². The third kappa shape index (κ3) is 3.39. The van der Waals surface area contributed by atoms with Crippen LogP contribution in [0.2, 0.25) is 0 Å². The van der Waals surface area contributed by atoms with Crippen LogP contribution in [0.4, 0.5) is 0 Å². The molecule has 0 spiro atoms. The van der Waals surface area contributed by atoms with E-state index in [1.807, 2.05) is 13.0 Å². The number of nitrogens with zero attached hydrogens (tertiary/aromatic N) is 6. The summed E-state index contributed by atoms with van der Waals surface area (Å²) in [6.07, 6.45) is 6.64. The largest absolute Gasteiger partial charge is 0.341 e. The van der Waals surface area contributed by atoms with Crippen molar-refractivity contribution in [2.75, 3.05) is 0 Å². The molecule has 118 valence electrons. The fourth-order valence-electron chi connectivity index (χ4n) is 2.21. The molecule has 0 bridgehead atoms. The Balaban J connectivity index is 1.78. The summed E-state index contributed by atoms with van der Waals surface area (Å²) in [7, 11) is 0. The first-order chi connectivity index (χ1) is 11.3. The average molecular weight is 312 g/mol. The van der Waals surface area contributed by atoms with Crippen molar-refractivity contribution in [3.05, 3.63) is 48.3 Å². The highest BCUT2D eigenvalue weighted by molar-refractivity contribution is 5.92. The number of pyridine rings is 1. The minimum atomic E-state index is -0.304. The molecule has 1 amide bonds. The van der Waals surface area contributed by atoms with E-state index >= 15 is 0 Å². The monoisotopic (exact) mass is 312 g/mol. The molecule has 0 saturated carbocycles. The van der Waals surface area contributed by atoms with Crippen molar-refractivity contribution in [1.29, 1.82) is 0 Å². The zero-order chi connectivity index (χ0) is 16.1. The first-order valence-electron chi connectivity index (χ1n) is 7.28. The van der Waals surface area contributed by atoms with Gasteiger partial charge in [0.15, 0.2) is 5.82 Å². The Bertz CT molecular complexity index is 753. The van der Waals surface area contributed by atoms with E-state index in [0.717, 1.165) is 12.1 Å². The molecular weight excluding hydrogens is 296 g/mol. The van der Waals surface area contributed by atoms with E-state index in [2.05, 4.69) is 36.0 Å². The Hall–Kier alpha value is -3.10. The van der Waals surface area contributed by atoms with Crippen molar-refractivity contribution in [2.24, 2.45) is 0 Å². The molecule has 3 aromatic heterocycles. The molecule has 0 fully saturated rings. The SMILES string of the molecule is CCCC(NC(=O)c1cc(-n2cccn2)ccn1)c1nn[nH]n1. The smallest absolute Gasteiger partial charge is 0.270 e. The summed E-state index contributed by atoms with van der Waals surface area (Å²) in [6.45, 7) is 2.02. The molecule has 1 atom stereocenters. The molecule has 9 heteroatoms. The fourth-order valence-corrected chi connectivity index (χ4v) is 2.21. The number of carbonyl (C=O) groups excluding carboxylic acids is 1. The van der Waals surface area contributed by atoms with Crippen LogP contribution in [0.1, 0.15) is 42.1 Å². The summed E-state index contributed by atoms with van der Waals surface area (Å²) < 4.78 is 1.67. The highest BCUT2D eigenvalue weighted by atomic mass is 16.2. The predicted octanol–water partition coefficient (Wildman–Crippen LogP) is 1.05. The Labute approximate surface area is 132 Å². The van der Waals surface area contributed by atoms with Crippen LogP contribution in [0.25, 0.3) is 5.69 Å². The van der Waals surface area contributed by atoms with Gasteiger partial charge in [0.25, 0.3) is 5.91 Å². The third-order valence-electron chi connectivity index (χ3n) is 3.30. The van der Waals surface area contributed by atoms with Gasteiger partial charge in [-0.1, -0.05) is 18.6 Å². The van der Waals surface area contributed by atoms with Crippen molar-refractivity contribution in [2.45, 2.75) is 25.8 Å². The number of carbonyl (C=O) groups is 1. The van der Waals surface area contributed by atoms with Gasteiger partial charge < -0.3 is 5.32 Å². The van der Waals surface area contributed by atoms with Gasteiger partial charge in [0, 0.05) is 18.6 Å². The van der Waals surface area contributed by atoms with Gasteiger partial charge in [0.1, 0.15) is 5.69 Å². The molecule has 0 radical (unpaired) electrons. The Morgan fingerprint density at radius 2 is 2.35 bits per heavy atom. The maximum atomic E-state index is 12.5. The van der Waals surface area contributed by atoms with Gasteiger partial charge in [-0.15, -0.1) is 10.2 Å². The van der Waals surface area contributed by atoms with Crippen molar-refractivity contribution < 1.29 is 4.79 Å². The minimum Gasteiger partial charge on any atom is -0.341 e. The van der Waals surface area contributed by atoms with Crippen molar-refractivity contribution in [3.8, 4) is 5.69 Å². The maximum absolute atomic E-state index is 12.5. The normalized spacial score (nSPS) is 12.0. The predicted molar refractivity (Wildman–Crippen MR) is 80.7 cm³/mol. The first-order valence-corrected chi connectivity index (χ1v) is 7.28. The Morgan fingerprint density at radius 1 is 1.43 bits per heavy atom. The number of hydrogen-bond donors (Lipinski definition) is 2. The highest BCUT2D eigenvalue weighted by Gasteiger charge is 2.19. The quantitative estimate of drug-likeness (QED) is 0.703. The number of rotatable bonds is 6. The molecule has 3 rings (SSSR count). The number of tetrazole rings is 1. The zero-order valence-corrected chi connectivity index (χ0v) is 12.5. The fraction of sp³-hybridized carbons (Fsp3) is 0.286. The van der Waals surface area contributed by atoms with Crippen molar-refractivity contribution >= 4 is 5.91 Å². The van der Waals surface area contributed by atoms with Crippen molar-refractivity contribution in [3.63, 3.8) is 0 Å². The summed E-state index contributed by atoms with van der Waals surface area (Å²) >= 11 is 0. The van der Waals surface area contributed by atoms with Gasteiger partial charge in [0.05, 0.1) is 11.7 Å². The molecule has 0 aliphatic rings. The van der Waals surface area contributed by atoms with E-state index in [1.54, 1.807) is 35.4 Å². The second-order valence-electron chi connectivity index (χ2n) is 4.93. The van der Waals surface area contributed by atoms with Crippen LogP contribution in [-0.2, 0) is 0 Å². The number of hydrogen-bond acceptors (Lipinski definition) is 6. The first kappa shape index (κ1) is 14.8. The molecule has 3 heterocycles. The standard InChI is InChI=1S/C14H16N8O/c1-2-4-11(13-18-20-21-19-13)17-14(23)12-9-10(5-7-15-12)22-8-3-6-16-22/h3,5-9,11H,2,4H2,1H3,(H,17,23)(H,18,19,20,21). The molecule has 3 aromatic rings. The maximum Gasteiger partial charge on any atom is 0.270 e.